The normalized spacial score (nSPS) is 10.9. The van der Waals surface area contributed by atoms with Gasteiger partial charge >= 0.3 is 11.9 Å². The molecule has 0 unspecified atom stereocenters. The molecule has 11 nitrogen and oxygen atoms in total. The molecule has 0 saturated carbocycles. The van der Waals surface area contributed by atoms with Crippen LogP contribution in [0, 0.1) is 0 Å². The molecule has 8 aromatic rings. The Bertz CT molecular complexity index is 2650. The molecule has 0 saturated heterocycles. The monoisotopic (exact) mass is 838 g/mol. The molecular formula is C49H47ClN4O7. The summed E-state index contributed by atoms with van der Waals surface area (Å²) in [6.07, 6.45) is 5.42. The summed E-state index contributed by atoms with van der Waals surface area (Å²) in [4.78, 5) is 31.8. The van der Waals surface area contributed by atoms with Gasteiger partial charge in [0.15, 0.2) is 0 Å². The van der Waals surface area contributed by atoms with Crippen LogP contribution in [0.25, 0.3) is 33.4 Å². The van der Waals surface area contributed by atoms with Crippen LogP contribution in [0.3, 0.4) is 0 Å². The summed E-state index contributed by atoms with van der Waals surface area (Å²) < 4.78 is 26.7. The number of carboxylic acid groups (broad SMARTS) is 1. The van der Waals surface area contributed by atoms with Crippen LogP contribution in [0.5, 0.6) is 17.2 Å². The van der Waals surface area contributed by atoms with Crippen molar-refractivity contribution in [1.29, 1.82) is 0 Å². The van der Waals surface area contributed by atoms with Gasteiger partial charge in [-0.15, -0.1) is 12.4 Å². The Balaban J connectivity index is 0.000000202. The molecule has 8 rings (SSSR count). The number of esters is 1. The quantitative estimate of drug-likeness (QED) is 0.0841. The molecule has 12 heteroatoms. The number of hydrogen-bond acceptors (Lipinski definition) is 8. The van der Waals surface area contributed by atoms with E-state index in [-0.39, 0.29) is 23.9 Å². The largest absolute Gasteiger partial charge is 0.494 e. The molecule has 61 heavy (non-hydrogen) atoms. The van der Waals surface area contributed by atoms with E-state index in [9.17, 15) is 9.59 Å². The Morgan fingerprint density at radius 1 is 0.557 bits per heavy atom. The lowest BCUT2D eigenvalue weighted by molar-refractivity contribution is 0.00692. The molecular weight excluding hydrogens is 792 g/mol. The zero-order valence-electron chi connectivity index (χ0n) is 34.1. The van der Waals surface area contributed by atoms with Gasteiger partial charge in [-0.1, -0.05) is 36.4 Å². The maximum absolute atomic E-state index is 12.1. The number of para-hydroxylation sites is 4. The van der Waals surface area contributed by atoms with Gasteiger partial charge in [0.25, 0.3) is 0 Å². The Morgan fingerprint density at radius 3 is 1.44 bits per heavy atom. The highest BCUT2D eigenvalue weighted by molar-refractivity contribution is 5.89. The number of nitrogens with zero attached hydrogens (tertiary/aromatic N) is 4. The number of carbonyl (C=O) groups is 2. The first-order valence-electron chi connectivity index (χ1n) is 19.7. The lowest BCUT2D eigenvalue weighted by Crippen LogP contribution is -2.23. The Kier molecular flexibility index (Phi) is 14.4. The van der Waals surface area contributed by atoms with Crippen molar-refractivity contribution in [3.8, 4) is 28.6 Å². The van der Waals surface area contributed by atoms with Crippen LogP contribution in [0.2, 0.25) is 0 Å². The fraction of sp³-hybridized carbons (Fsp3) is 0.184. The van der Waals surface area contributed by atoms with Gasteiger partial charge in [0.2, 0.25) is 0 Å². The minimum atomic E-state index is -0.956. The van der Waals surface area contributed by atoms with Crippen LogP contribution in [0.1, 0.15) is 53.5 Å². The smallest absolute Gasteiger partial charge is 0.338 e. The van der Waals surface area contributed by atoms with Gasteiger partial charge in [-0.2, -0.15) is 0 Å². The number of carboxylic acids is 1. The molecule has 0 atom stereocenters. The number of aromatic nitrogens is 4. The molecule has 1 N–H and O–H groups in total. The minimum Gasteiger partial charge on any atom is -0.494 e. The van der Waals surface area contributed by atoms with Crippen molar-refractivity contribution >= 4 is 46.4 Å². The first-order chi connectivity index (χ1) is 29.1. The van der Waals surface area contributed by atoms with E-state index < -0.39 is 11.6 Å². The van der Waals surface area contributed by atoms with Crippen LogP contribution >= 0.6 is 12.4 Å². The minimum absolute atomic E-state index is 0. The average Bonchev–Trinajstić information content (AvgIpc) is 3.90. The number of fused-ring (bicyclic) bond motifs is 2. The average molecular weight is 839 g/mol. The highest BCUT2D eigenvalue weighted by atomic mass is 35.5. The summed E-state index contributed by atoms with van der Waals surface area (Å²) in [7, 11) is 0. The van der Waals surface area contributed by atoms with Crippen molar-refractivity contribution in [3.63, 3.8) is 0 Å². The van der Waals surface area contributed by atoms with Gasteiger partial charge in [-0.05, 0) is 148 Å². The molecule has 0 aliphatic heterocycles. The Hall–Kier alpha value is -7.11. The van der Waals surface area contributed by atoms with E-state index in [4.69, 9.17) is 24.1 Å². The summed E-state index contributed by atoms with van der Waals surface area (Å²) in [6.45, 7) is 6.97. The SMILES string of the molecule is CC(C)(C)OC(=O)c1ccc(CCCOc2ccc(-n3cnc4ccccc43)cc2)cc1.Cl.O=C(O)c1ccc(OCCOc2ccc(-n3cnc4ccccc43)cc2)cc1. The van der Waals surface area contributed by atoms with E-state index in [1.165, 1.54) is 17.7 Å². The second kappa shape index (κ2) is 20.2. The van der Waals surface area contributed by atoms with Gasteiger partial charge in [0.1, 0.15) is 48.7 Å². The van der Waals surface area contributed by atoms with Crippen molar-refractivity contribution in [3.05, 3.63) is 175 Å². The maximum atomic E-state index is 12.1. The molecule has 0 bridgehead atoms. The topological polar surface area (TPSA) is 127 Å². The highest BCUT2D eigenvalue weighted by Gasteiger charge is 2.17. The standard InChI is InChI=1S/C27H28N2O3.C22H18N2O4.ClH/c1-27(2,3)32-26(30)21-12-10-20(11-13-21)7-6-18-31-23-16-14-22(15-17-23)29-19-28-24-8-4-5-9-25(24)29;25-22(26)16-5-9-18(10-6-16)27-13-14-28-19-11-7-17(8-12-19)24-15-23-20-3-1-2-4-21(20)24;/h4-5,8-17,19H,6-7,18H2,1-3H3;1-12,15H,13-14H2,(H,25,26);1H. The number of imidazole rings is 2. The summed E-state index contributed by atoms with van der Waals surface area (Å²) in [5, 5.41) is 8.88. The lowest BCUT2D eigenvalue weighted by atomic mass is 10.1. The van der Waals surface area contributed by atoms with Crippen LogP contribution in [-0.2, 0) is 11.2 Å². The third-order valence-electron chi connectivity index (χ3n) is 9.33. The molecule has 6 aromatic carbocycles. The Labute approximate surface area is 360 Å². The first-order valence-corrected chi connectivity index (χ1v) is 19.7. The van der Waals surface area contributed by atoms with E-state index in [0.29, 0.717) is 31.1 Å². The number of carbonyl (C=O) groups excluding carboxylic acids is 1. The summed E-state index contributed by atoms with van der Waals surface area (Å²) in [6, 6.07) is 45.8. The lowest BCUT2D eigenvalue weighted by Gasteiger charge is -2.19. The molecule has 0 radical (unpaired) electrons. The van der Waals surface area contributed by atoms with Crippen molar-refractivity contribution < 1.29 is 33.6 Å². The number of hydrogen-bond donors (Lipinski definition) is 1. The van der Waals surface area contributed by atoms with Crippen molar-refractivity contribution in [2.75, 3.05) is 19.8 Å². The van der Waals surface area contributed by atoms with E-state index in [1.807, 2.05) is 153 Å². The molecule has 0 fully saturated rings. The molecule has 0 amide bonds. The van der Waals surface area contributed by atoms with Gasteiger partial charge in [0.05, 0.1) is 39.8 Å². The van der Waals surface area contributed by atoms with Crippen molar-refractivity contribution in [1.82, 2.24) is 19.1 Å². The third-order valence-corrected chi connectivity index (χ3v) is 9.33. The summed E-state index contributed by atoms with van der Waals surface area (Å²) in [5.41, 5.74) is 7.62. The molecule has 312 valence electrons. The van der Waals surface area contributed by atoms with Gasteiger partial charge in [0, 0.05) is 11.4 Å². The zero-order chi connectivity index (χ0) is 41.9. The van der Waals surface area contributed by atoms with Crippen LogP contribution in [0.4, 0.5) is 0 Å². The first kappa shape index (κ1) is 43.5. The maximum Gasteiger partial charge on any atom is 0.338 e. The highest BCUT2D eigenvalue weighted by Crippen LogP contribution is 2.23. The van der Waals surface area contributed by atoms with Crippen molar-refractivity contribution in [2.24, 2.45) is 0 Å². The summed E-state index contributed by atoms with van der Waals surface area (Å²) in [5.74, 6) is 0.953. The molecule has 0 spiro atoms. The number of aromatic carboxylic acids is 1. The molecule has 0 aliphatic rings. The number of aryl methyl sites for hydroxylation is 1. The fourth-order valence-corrected chi connectivity index (χ4v) is 6.36. The van der Waals surface area contributed by atoms with Gasteiger partial charge in [-0.25, -0.2) is 19.6 Å². The molecule has 0 aliphatic carbocycles. The van der Waals surface area contributed by atoms with Crippen LogP contribution < -0.4 is 14.2 Å². The van der Waals surface area contributed by atoms with E-state index in [1.54, 1.807) is 12.1 Å². The number of benzene rings is 6. The molecule has 2 aromatic heterocycles. The number of halogens is 1. The van der Waals surface area contributed by atoms with E-state index in [2.05, 4.69) is 20.6 Å². The number of ether oxygens (including phenoxy) is 4. The Morgan fingerprint density at radius 2 is 0.984 bits per heavy atom. The third kappa shape index (κ3) is 11.8. The van der Waals surface area contributed by atoms with Gasteiger partial charge in [-0.3, -0.25) is 9.13 Å². The zero-order valence-corrected chi connectivity index (χ0v) is 35.0. The molecule has 2 heterocycles. The second-order valence-corrected chi connectivity index (χ2v) is 14.9. The number of rotatable bonds is 14. The predicted molar refractivity (Wildman–Crippen MR) is 239 cm³/mol. The van der Waals surface area contributed by atoms with Gasteiger partial charge < -0.3 is 24.1 Å². The van der Waals surface area contributed by atoms with Crippen molar-refractivity contribution in [2.45, 2.75) is 39.2 Å². The van der Waals surface area contributed by atoms with E-state index in [0.717, 1.165) is 57.8 Å². The second-order valence-electron chi connectivity index (χ2n) is 14.9. The van der Waals surface area contributed by atoms with Crippen LogP contribution in [-0.4, -0.2) is 61.6 Å². The summed E-state index contributed by atoms with van der Waals surface area (Å²) >= 11 is 0. The predicted octanol–water partition coefficient (Wildman–Crippen LogP) is 10.6. The fourth-order valence-electron chi connectivity index (χ4n) is 6.36. The van der Waals surface area contributed by atoms with Crippen LogP contribution in [0.15, 0.2) is 158 Å². The van der Waals surface area contributed by atoms with E-state index >= 15 is 0 Å².